The third kappa shape index (κ3) is 16.4. The molecule has 6 saturated heterocycles. The molecule has 6 aliphatic heterocycles. The molecule has 89 heavy (non-hydrogen) atoms. The number of carbonyl (C=O) groups excluding carboxylic acids is 3. The molecule has 12 rings (SSSR count). The Morgan fingerprint density at radius 3 is 1.06 bits per heavy atom. The van der Waals surface area contributed by atoms with Crippen LogP contribution in [0.1, 0.15) is 106 Å². The average Bonchev–Trinajstić information content (AvgIpc) is 2.71. The number of alkyl halides is 3. The quantitative estimate of drug-likeness (QED) is 0.111. The number of hydrogen-bond donors (Lipinski definition) is 0. The largest absolute Gasteiger partial charge is 0.289 e. The number of aryl methyl sites for hydroxylation is 3. The second-order valence-electron chi connectivity index (χ2n) is 24.1. The summed E-state index contributed by atoms with van der Waals surface area (Å²) in [4.78, 5) is 61.3. The molecule has 474 valence electrons. The molecule has 0 radical (unpaired) electrons. The lowest BCUT2D eigenvalue weighted by atomic mass is 9.86. The van der Waals surface area contributed by atoms with Crippen molar-refractivity contribution in [1.29, 1.82) is 0 Å². The monoisotopic (exact) mass is 1250 g/mol. The maximum Gasteiger partial charge on any atom is 0.263 e. The minimum Gasteiger partial charge on any atom is -0.289 e. The number of halogens is 8. The zero-order chi connectivity index (χ0) is 62.9. The lowest BCUT2D eigenvalue weighted by Gasteiger charge is -2.42. The zero-order valence-corrected chi connectivity index (χ0v) is 51.0. The van der Waals surface area contributed by atoms with Gasteiger partial charge in [0.05, 0.1) is 57.6 Å². The molecule has 12 nitrogen and oxygen atoms in total. The van der Waals surface area contributed by atoms with E-state index in [2.05, 4.69) is 0 Å². The Kier molecular flexibility index (Phi) is 22.0. The zero-order valence-electron chi connectivity index (χ0n) is 50.3. The molecule has 3 amide bonds. The Morgan fingerprint density at radius 1 is 0.416 bits per heavy atom. The van der Waals surface area contributed by atoms with E-state index in [-0.39, 0.29) is 97.5 Å². The number of hydroxylamine groups is 6. The van der Waals surface area contributed by atoms with Gasteiger partial charge in [0.15, 0.2) is 0 Å². The molecule has 6 aliphatic rings. The third-order valence-electron chi connectivity index (χ3n) is 18.0. The molecule has 20 heteroatoms. The van der Waals surface area contributed by atoms with Crippen LogP contribution in [-0.4, -0.2) is 143 Å². The number of piperidine rings is 3. The minimum absolute atomic E-state index is 0.126. The van der Waals surface area contributed by atoms with E-state index in [0.717, 1.165) is 27.8 Å². The van der Waals surface area contributed by atoms with Crippen molar-refractivity contribution in [2.45, 2.75) is 133 Å². The summed E-state index contributed by atoms with van der Waals surface area (Å²) in [5.74, 6) is -2.65. The normalized spacial score (nSPS) is 25.7. The molecule has 6 aromatic rings. The molecule has 0 saturated carbocycles. The molecule has 0 aliphatic carbocycles. The lowest BCUT2D eigenvalue weighted by Crippen LogP contribution is -2.56. The van der Waals surface area contributed by atoms with Gasteiger partial charge in [-0.3, -0.25) is 43.6 Å². The van der Waals surface area contributed by atoms with Crippen molar-refractivity contribution >= 4 is 29.3 Å². The molecule has 0 spiro atoms. The number of benzene rings is 6. The Balaban J connectivity index is 0.000000147. The van der Waals surface area contributed by atoms with Crippen LogP contribution in [0.5, 0.6) is 0 Å². The molecule has 0 bridgehead atoms. The van der Waals surface area contributed by atoms with E-state index < -0.39 is 30.6 Å². The van der Waals surface area contributed by atoms with Gasteiger partial charge in [-0.15, -0.1) is 0 Å². The number of hydrogen-bond acceptors (Lipinski definition) is 9. The van der Waals surface area contributed by atoms with Crippen LogP contribution in [0, 0.1) is 44.0 Å². The SMILES string of the molecule is Cc1ccc(C2CCN(C3CCON(Cc4ccc(Cl)cc4)C3=O)CC2F)cc1F.Cc1ccc(C2CCN(C3CCON(Cc4ccc(F)cc4)C3=O)CC2F)cc1F.Cc1ccc(C2CCN(C3CCON(Cc4ccc(F)cc4)C3=O)C[C@H]2F)cc1. The predicted octanol–water partition coefficient (Wildman–Crippen LogP) is 12.8. The second-order valence-corrected chi connectivity index (χ2v) is 24.5. The molecule has 0 N–H and O–H groups in total. The van der Waals surface area contributed by atoms with Crippen molar-refractivity contribution < 1.29 is 59.6 Å². The van der Waals surface area contributed by atoms with Crippen LogP contribution in [0.15, 0.2) is 133 Å². The van der Waals surface area contributed by atoms with Crippen LogP contribution < -0.4 is 0 Å². The summed E-state index contributed by atoms with van der Waals surface area (Å²) in [6.07, 6.45) is 0.00321. The van der Waals surface area contributed by atoms with Crippen molar-refractivity contribution in [3.8, 4) is 0 Å². The van der Waals surface area contributed by atoms with Crippen molar-refractivity contribution in [3.63, 3.8) is 0 Å². The van der Waals surface area contributed by atoms with Crippen LogP contribution >= 0.6 is 11.6 Å². The maximum absolute atomic E-state index is 15.0. The molecular formula is C69H76ClF7N6O6. The summed E-state index contributed by atoms with van der Waals surface area (Å²) < 4.78 is 99.1. The van der Waals surface area contributed by atoms with Gasteiger partial charge in [-0.2, -0.15) is 0 Å². The summed E-state index contributed by atoms with van der Waals surface area (Å²) >= 11 is 5.92. The van der Waals surface area contributed by atoms with Gasteiger partial charge in [0.25, 0.3) is 17.7 Å². The fourth-order valence-corrected chi connectivity index (χ4v) is 12.9. The predicted molar refractivity (Wildman–Crippen MR) is 324 cm³/mol. The summed E-state index contributed by atoms with van der Waals surface area (Å²) in [5, 5.41) is 4.62. The Morgan fingerprint density at radius 2 is 0.730 bits per heavy atom. The van der Waals surface area contributed by atoms with E-state index in [4.69, 9.17) is 26.1 Å². The first-order valence-corrected chi connectivity index (χ1v) is 31.0. The van der Waals surface area contributed by atoms with Crippen molar-refractivity contribution in [2.75, 3.05) is 59.1 Å². The first-order chi connectivity index (χ1) is 42.8. The van der Waals surface area contributed by atoms with Gasteiger partial charge in [0, 0.05) is 42.4 Å². The van der Waals surface area contributed by atoms with Gasteiger partial charge in [-0.05, 0) is 172 Å². The van der Waals surface area contributed by atoms with E-state index in [1.165, 1.54) is 51.6 Å². The van der Waals surface area contributed by atoms with E-state index in [1.807, 2.05) is 58.0 Å². The first kappa shape index (κ1) is 65.2. The van der Waals surface area contributed by atoms with Gasteiger partial charge in [-0.1, -0.05) is 102 Å². The van der Waals surface area contributed by atoms with E-state index in [9.17, 15) is 31.9 Å². The highest BCUT2D eigenvalue weighted by Crippen LogP contribution is 2.37. The van der Waals surface area contributed by atoms with Crippen molar-refractivity contribution in [2.24, 2.45) is 0 Å². The number of amides is 3. The summed E-state index contributed by atoms with van der Waals surface area (Å²) in [6, 6.07) is 35.8. The Labute approximate surface area is 520 Å². The van der Waals surface area contributed by atoms with E-state index >= 15 is 13.2 Å². The minimum atomic E-state index is -1.18. The number of carbonyl (C=O) groups is 3. The van der Waals surface area contributed by atoms with Crippen LogP contribution in [-0.2, 0) is 48.5 Å². The molecule has 6 aromatic carbocycles. The number of likely N-dealkylation sites (tertiary alicyclic amines) is 3. The third-order valence-corrected chi connectivity index (χ3v) is 18.3. The van der Waals surface area contributed by atoms with Gasteiger partial charge in [-0.25, -0.2) is 45.9 Å². The number of nitrogens with zero attached hydrogens (tertiary/aromatic N) is 6. The maximum atomic E-state index is 15.0. The molecule has 9 atom stereocenters. The van der Waals surface area contributed by atoms with Crippen LogP contribution in [0.25, 0.3) is 0 Å². The highest BCUT2D eigenvalue weighted by Gasteiger charge is 2.43. The van der Waals surface area contributed by atoms with Gasteiger partial charge in [0.1, 0.15) is 41.8 Å². The number of rotatable bonds is 12. The topological polar surface area (TPSA) is 98.3 Å². The first-order valence-electron chi connectivity index (χ1n) is 30.6. The smallest absolute Gasteiger partial charge is 0.263 e. The lowest BCUT2D eigenvalue weighted by molar-refractivity contribution is -0.213. The highest BCUT2D eigenvalue weighted by molar-refractivity contribution is 6.30. The van der Waals surface area contributed by atoms with Gasteiger partial charge in [0.2, 0.25) is 0 Å². The molecule has 0 aromatic heterocycles. The summed E-state index contributed by atoms with van der Waals surface area (Å²) in [5.41, 5.74) is 7.11. The van der Waals surface area contributed by atoms with Crippen LogP contribution in [0.3, 0.4) is 0 Å². The van der Waals surface area contributed by atoms with E-state index in [0.29, 0.717) is 112 Å². The van der Waals surface area contributed by atoms with Gasteiger partial charge < -0.3 is 0 Å². The fourth-order valence-electron chi connectivity index (χ4n) is 12.8. The average molecular weight is 1250 g/mol. The van der Waals surface area contributed by atoms with E-state index in [1.54, 1.807) is 74.5 Å². The van der Waals surface area contributed by atoms with Gasteiger partial charge >= 0.3 is 0 Å². The van der Waals surface area contributed by atoms with Crippen molar-refractivity contribution in [3.05, 3.63) is 212 Å². The second kappa shape index (κ2) is 29.9. The van der Waals surface area contributed by atoms with Crippen molar-refractivity contribution in [1.82, 2.24) is 29.9 Å². The van der Waals surface area contributed by atoms with Crippen LogP contribution in [0.2, 0.25) is 5.02 Å². The summed E-state index contributed by atoms with van der Waals surface area (Å²) in [6.45, 7) is 9.73. The molecule has 6 heterocycles. The standard InChI is InChI=1S/C23H25ClF2N2O2.C23H25F3N2O2.C23H26F2N2O2/c2*1-15-2-5-17(12-20(15)25)19-8-10-27(14-21(19)26)22-9-11-30-28(23(22)29)13-16-3-6-18(24)7-4-16;1-16-2-6-18(7-3-16)20-10-12-26(15-21(20)25)22-11-13-29-27(23(22)28)14-17-4-8-19(24)9-5-17/h2*2-7,12,19,21-22H,8-11,13-14H2,1H3;2-9,20-22H,10-15H2,1H3/t;;20?,21-,22?/m..1/s1. The fraction of sp³-hybridized carbons (Fsp3) is 0.435. The molecular weight excluding hydrogens is 1180 g/mol. The Bertz CT molecular complexity index is 3210. The summed E-state index contributed by atoms with van der Waals surface area (Å²) in [7, 11) is 0. The van der Waals surface area contributed by atoms with Crippen LogP contribution in [0.4, 0.5) is 30.7 Å². The Hall–Kier alpha value is -6.71. The highest BCUT2D eigenvalue weighted by atomic mass is 35.5. The molecule has 8 unspecified atom stereocenters. The molecule has 6 fully saturated rings.